The highest BCUT2D eigenvalue weighted by molar-refractivity contribution is 7.93. The first kappa shape index (κ1) is 23.8. The number of ether oxygens (including phenoxy) is 2. The van der Waals surface area contributed by atoms with Crippen LogP contribution in [-0.4, -0.2) is 53.5 Å². The van der Waals surface area contributed by atoms with Crippen molar-refractivity contribution in [3.8, 4) is 5.75 Å². The average Bonchev–Trinajstić information content (AvgIpc) is 2.78. The fourth-order valence-corrected chi connectivity index (χ4v) is 4.72. The molecule has 2 aromatic rings. The third-order valence-corrected chi connectivity index (χ3v) is 6.40. The van der Waals surface area contributed by atoms with Crippen molar-refractivity contribution in [2.75, 3.05) is 54.9 Å². The number of para-hydroxylation sites is 2. The van der Waals surface area contributed by atoms with Gasteiger partial charge in [0.05, 0.1) is 31.7 Å². The maximum Gasteiger partial charge on any atom is 0.264 e. The molecule has 0 bridgehead atoms. The minimum absolute atomic E-state index is 0.137. The normalized spacial score (nSPS) is 13.9. The Bertz CT molecular complexity index is 1080. The Kier molecular flexibility index (Phi) is 7.94. The van der Waals surface area contributed by atoms with Gasteiger partial charge in [-0.1, -0.05) is 24.3 Å². The summed E-state index contributed by atoms with van der Waals surface area (Å²) >= 11 is 5.32. The van der Waals surface area contributed by atoms with Crippen molar-refractivity contribution >= 4 is 44.4 Å². The standard InChI is InChI=1S/C22H28N4O4S2/c1-16(2)15-23-22(31)24-17-8-9-19(26-10-12-30-13-11-26)21(14-17)32(27,28)25-18-6-4-5-7-20(18)29-3/h4-9,14,25H,1,10-13,15H2,2-3H3,(H2,23,24,31). The van der Waals surface area contributed by atoms with E-state index >= 15 is 0 Å². The molecule has 0 aromatic heterocycles. The number of benzene rings is 2. The van der Waals surface area contributed by atoms with E-state index < -0.39 is 10.0 Å². The average molecular weight is 477 g/mol. The first-order valence-corrected chi connectivity index (χ1v) is 12.0. The van der Waals surface area contributed by atoms with Crippen LogP contribution in [0.2, 0.25) is 0 Å². The molecule has 1 heterocycles. The van der Waals surface area contributed by atoms with Gasteiger partial charge >= 0.3 is 0 Å². The van der Waals surface area contributed by atoms with Crippen LogP contribution in [0.3, 0.4) is 0 Å². The van der Waals surface area contributed by atoms with Crippen LogP contribution in [0.15, 0.2) is 59.5 Å². The van der Waals surface area contributed by atoms with Crippen molar-refractivity contribution in [3.05, 3.63) is 54.6 Å². The number of nitrogens with one attached hydrogen (secondary N) is 3. The van der Waals surface area contributed by atoms with Crippen molar-refractivity contribution in [2.24, 2.45) is 0 Å². The van der Waals surface area contributed by atoms with Crippen molar-refractivity contribution in [3.63, 3.8) is 0 Å². The first-order chi connectivity index (χ1) is 15.3. The fourth-order valence-electron chi connectivity index (χ4n) is 3.21. The maximum atomic E-state index is 13.5. The summed E-state index contributed by atoms with van der Waals surface area (Å²) in [5.74, 6) is 0.434. The molecule has 0 atom stereocenters. The summed E-state index contributed by atoms with van der Waals surface area (Å²) in [6.45, 7) is 8.52. The number of thiocarbonyl (C=S) groups is 1. The lowest BCUT2D eigenvalue weighted by Crippen LogP contribution is -2.37. The van der Waals surface area contributed by atoms with Crippen LogP contribution >= 0.6 is 12.2 Å². The summed E-state index contributed by atoms with van der Waals surface area (Å²) in [6, 6.07) is 12.0. The third kappa shape index (κ3) is 6.12. The number of anilines is 3. The Labute approximate surface area is 194 Å². The molecule has 8 nitrogen and oxygen atoms in total. The second-order valence-electron chi connectivity index (χ2n) is 7.35. The molecule has 32 heavy (non-hydrogen) atoms. The van der Waals surface area contributed by atoms with E-state index in [1.54, 1.807) is 36.4 Å². The smallest absolute Gasteiger partial charge is 0.264 e. The molecule has 0 saturated carbocycles. The molecule has 1 aliphatic rings. The van der Waals surface area contributed by atoms with Crippen molar-refractivity contribution < 1.29 is 17.9 Å². The summed E-state index contributed by atoms with van der Waals surface area (Å²) in [5.41, 5.74) is 2.45. The monoisotopic (exact) mass is 476 g/mol. The summed E-state index contributed by atoms with van der Waals surface area (Å²) < 4.78 is 40.3. The molecule has 0 aliphatic carbocycles. The lowest BCUT2D eigenvalue weighted by atomic mass is 10.2. The second kappa shape index (κ2) is 10.7. The van der Waals surface area contributed by atoms with Gasteiger partial charge in [0.15, 0.2) is 5.11 Å². The molecule has 3 rings (SSSR count). The Hall–Kier alpha value is -2.82. The molecule has 172 valence electrons. The van der Waals surface area contributed by atoms with Crippen LogP contribution < -0.4 is 25.0 Å². The Balaban J connectivity index is 1.95. The summed E-state index contributed by atoms with van der Waals surface area (Å²) in [7, 11) is -2.44. The number of rotatable bonds is 8. The number of methoxy groups -OCH3 is 1. The van der Waals surface area contributed by atoms with Crippen LogP contribution in [0.4, 0.5) is 17.1 Å². The third-order valence-electron chi connectivity index (χ3n) is 4.76. The summed E-state index contributed by atoms with van der Waals surface area (Å²) in [6.07, 6.45) is 0. The lowest BCUT2D eigenvalue weighted by Gasteiger charge is -2.30. The van der Waals surface area contributed by atoms with Crippen LogP contribution in [0, 0.1) is 0 Å². The quantitative estimate of drug-likeness (QED) is 0.395. The van der Waals surface area contributed by atoms with Gasteiger partial charge in [-0.05, 0) is 49.5 Å². The van der Waals surface area contributed by atoms with Gasteiger partial charge in [-0.2, -0.15) is 0 Å². The van der Waals surface area contributed by atoms with E-state index in [0.717, 1.165) is 5.57 Å². The van der Waals surface area contributed by atoms with E-state index in [4.69, 9.17) is 21.7 Å². The molecule has 0 amide bonds. The predicted octanol–water partition coefficient (Wildman–Crippen LogP) is 3.20. The van der Waals surface area contributed by atoms with Crippen molar-refractivity contribution in [1.29, 1.82) is 0 Å². The van der Waals surface area contributed by atoms with Gasteiger partial charge in [-0.15, -0.1) is 0 Å². The minimum Gasteiger partial charge on any atom is -0.495 e. The number of hydrogen-bond acceptors (Lipinski definition) is 6. The first-order valence-electron chi connectivity index (χ1n) is 10.1. The number of sulfonamides is 1. The highest BCUT2D eigenvalue weighted by Crippen LogP contribution is 2.33. The molecular weight excluding hydrogens is 448 g/mol. The molecule has 0 spiro atoms. The summed E-state index contributed by atoms with van der Waals surface area (Å²) in [5, 5.41) is 6.46. The lowest BCUT2D eigenvalue weighted by molar-refractivity contribution is 0.122. The van der Waals surface area contributed by atoms with Crippen LogP contribution in [0.5, 0.6) is 5.75 Å². The fraction of sp³-hybridized carbons (Fsp3) is 0.318. The van der Waals surface area contributed by atoms with Gasteiger partial charge in [-0.25, -0.2) is 8.42 Å². The Morgan fingerprint density at radius 1 is 1.22 bits per heavy atom. The highest BCUT2D eigenvalue weighted by atomic mass is 32.2. The molecule has 1 fully saturated rings. The van der Waals surface area contributed by atoms with Gasteiger partial charge < -0.3 is 25.0 Å². The number of morpholine rings is 1. The minimum atomic E-state index is -3.94. The zero-order chi connectivity index (χ0) is 23.1. The molecule has 0 radical (unpaired) electrons. The zero-order valence-electron chi connectivity index (χ0n) is 18.2. The topological polar surface area (TPSA) is 91.9 Å². The van der Waals surface area contributed by atoms with E-state index in [-0.39, 0.29) is 4.90 Å². The number of nitrogens with zero attached hydrogens (tertiary/aromatic N) is 1. The predicted molar refractivity (Wildman–Crippen MR) is 132 cm³/mol. The Morgan fingerprint density at radius 3 is 2.62 bits per heavy atom. The van der Waals surface area contributed by atoms with Gasteiger partial charge in [0.2, 0.25) is 0 Å². The molecule has 0 unspecified atom stereocenters. The highest BCUT2D eigenvalue weighted by Gasteiger charge is 2.25. The molecule has 1 aliphatic heterocycles. The van der Waals surface area contributed by atoms with E-state index in [0.29, 0.717) is 60.8 Å². The SMILES string of the molecule is C=C(C)CNC(=S)Nc1ccc(N2CCOCC2)c(S(=O)(=O)Nc2ccccc2OC)c1. The second-order valence-corrected chi connectivity index (χ2v) is 9.41. The van der Waals surface area contributed by atoms with Gasteiger partial charge in [0.25, 0.3) is 10.0 Å². The Morgan fingerprint density at radius 2 is 1.94 bits per heavy atom. The molecule has 1 saturated heterocycles. The van der Waals surface area contributed by atoms with Gasteiger partial charge in [-0.3, -0.25) is 4.72 Å². The van der Waals surface area contributed by atoms with Crippen LogP contribution in [0.1, 0.15) is 6.92 Å². The van der Waals surface area contributed by atoms with Crippen molar-refractivity contribution in [1.82, 2.24) is 5.32 Å². The molecule has 3 N–H and O–H groups in total. The maximum absolute atomic E-state index is 13.5. The van der Waals surface area contributed by atoms with E-state index in [2.05, 4.69) is 21.9 Å². The van der Waals surface area contributed by atoms with Crippen LogP contribution in [-0.2, 0) is 14.8 Å². The molecule has 2 aromatic carbocycles. The van der Waals surface area contributed by atoms with E-state index in [1.165, 1.54) is 7.11 Å². The van der Waals surface area contributed by atoms with Crippen LogP contribution in [0.25, 0.3) is 0 Å². The zero-order valence-corrected chi connectivity index (χ0v) is 19.8. The van der Waals surface area contributed by atoms with E-state index in [1.807, 2.05) is 17.9 Å². The molecular formula is C22H28N4O4S2. The largest absolute Gasteiger partial charge is 0.495 e. The van der Waals surface area contributed by atoms with E-state index in [9.17, 15) is 8.42 Å². The summed E-state index contributed by atoms with van der Waals surface area (Å²) in [4.78, 5) is 2.14. The number of hydrogen-bond donors (Lipinski definition) is 3. The van der Waals surface area contributed by atoms with Gasteiger partial charge in [0.1, 0.15) is 10.6 Å². The molecule has 10 heteroatoms. The van der Waals surface area contributed by atoms with Gasteiger partial charge in [0, 0.05) is 25.3 Å². The van der Waals surface area contributed by atoms with Crippen molar-refractivity contribution in [2.45, 2.75) is 11.8 Å².